The van der Waals surface area contributed by atoms with Crippen LogP contribution < -0.4 is 0 Å². The monoisotopic (exact) mass is 785 g/mol. The molecule has 0 atom stereocenters. The maximum atomic E-state index is 5.28. The molecule has 7 aromatic carbocycles. The summed E-state index contributed by atoms with van der Waals surface area (Å²) in [6.45, 7) is 4.73. The summed E-state index contributed by atoms with van der Waals surface area (Å²) in [7, 11) is 0. The first-order chi connectivity index (χ1) is 29.5. The number of fused-ring (bicyclic) bond motifs is 9. The third-order valence-electron chi connectivity index (χ3n) is 12.1. The highest BCUT2D eigenvalue weighted by atomic mass is 32.2. The maximum Gasteiger partial charge on any atom is 0.160 e. The Labute approximate surface area is 355 Å². The fraction of sp³-hybridized carbons (Fsp3) is 0.0536. The predicted octanol–water partition coefficient (Wildman–Crippen LogP) is 14.8. The van der Waals surface area contributed by atoms with E-state index in [4.69, 9.17) is 9.97 Å². The molecule has 284 valence electrons. The Morgan fingerprint density at radius 3 is 1.85 bits per heavy atom. The van der Waals surface area contributed by atoms with Crippen molar-refractivity contribution in [1.82, 2.24) is 15.0 Å². The smallest absolute Gasteiger partial charge is 0.160 e. The van der Waals surface area contributed by atoms with Gasteiger partial charge in [0.05, 0.1) is 11.4 Å². The van der Waals surface area contributed by atoms with E-state index in [1.807, 2.05) is 42.2 Å². The molecule has 2 aromatic heterocycles. The van der Waals surface area contributed by atoms with Gasteiger partial charge < -0.3 is 0 Å². The van der Waals surface area contributed by atoms with E-state index in [-0.39, 0.29) is 5.41 Å². The predicted molar refractivity (Wildman–Crippen MR) is 249 cm³/mol. The average Bonchev–Trinajstić information content (AvgIpc) is 3.52. The van der Waals surface area contributed by atoms with Crippen LogP contribution in [0.25, 0.3) is 90.6 Å². The number of aromatic nitrogens is 3. The van der Waals surface area contributed by atoms with Crippen molar-refractivity contribution in [3.05, 3.63) is 211 Å². The van der Waals surface area contributed by atoms with Crippen molar-refractivity contribution in [1.29, 1.82) is 0 Å². The fourth-order valence-corrected chi connectivity index (χ4v) is 10.0. The molecule has 3 heterocycles. The first-order valence-corrected chi connectivity index (χ1v) is 21.2. The zero-order valence-corrected chi connectivity index (χ0v) is 34.1. The van der Waals surface area contributed by atoms with Crippen LogP contribution in [0.15, 0.2) is 198 Å². The Bertz CT molecular complexity index is 3130. The first-order valence-electron chi connectivity index (χ1n) is 20.4. The SMILES string of the molecule is CC1(C)c2ccccc2-c2cc3c(cc21)Sc1ccccc1-c1ccccc1/C=C\c1ccc(-c2cc(-c4ccc(-c5cccnc5)cc4)nc(-c4ccccc4)n2)cc1-3. The third kappa shape index (κ3) is 6.28. The Balaban J connectivity index is 1.13. The molecule has 0 spiro atoms. The molecule has 9 aromatic rings. The molecule has 0 unspecified atom stereocenters. The molecule has 0 radical (unpaired) electrons. The van der Waals surface area contributed by atoms with Crippen LogP contribution in [-0.4, -0.2) is 15.0 Å². The van der Waals surface area contributed by atoms with Crippen LogP contribution in [0.3, 0.4) is 0 Å². The summed E-state index contributed by atoms with van der Waals surface area (Å²) in [5, 5.41) is 0. The minimum absolute atomic E-state index is 0.133. The van der Waals surface area contributed by atoms with Crippen LogP contribution in [-0.2, 0) is 5.41 Å². The normalized spacial score (nSPS) is 13.7. The molecule has 2 aliphatic rings. The van der Waals surface area contributed by atoms with Crippen molar-refractivity contribution < 1.29 is 0 Å². The summed E-state index contributed by atoms with van der Waals surface area (Å²) >= 11 is 1.86. The minimum atomic E-state index is -0.133. The molecule has 0 saturated heterocycles. The van der Waals surface area contributed by atoms with Gasteiger partial charge in [0.1, 0.15) is 0 Å². The van der Waals surface area contributed by atoms with Crippen molar-refractivity contribution in [3.8, 4) is 78.4 Å². The number of benzene rings is 7. The largest absolute Gasteiger partial charge is 0.264 e. The highest BCUT2D eigenvalue weighted by molar-refractivity contribution is 7.99. The van der Waals surface area contributed by atoms with Crippen molar-refractivity contribution in [2.45, 2.75) is 29.1 Å². The summed E-state index contributed by atoms with van der Waals surface area (Å²) in [6.07, 6.45) is 8.26. The number of nitrogens with zero attached hydrogens (tertiary/aromatic N) is 3. The molecule has 0 N–H and O–H groups in total. The van der Waals surface area contributed by atoms with E-state index in [1.54, 1.807) is 6.20 Å². The van der Waals surface area contributed by atoms with Crippen LogP contribution in [0, 0.1) is 0 Å². The molecule has 0 bridgehead atoms. The molecule has 1 aliphatic carbocycles. The second kappa shape index (κ2) is 14.6. The molecule has 60 heavy (non-hydrogen) atoms. The second-order valence-electron chi connectivity index (χ2n) is 16.0. The molecule has 1 aliphatic heterocycles. The van der Waals surface area contributed by atoms with E-state index >= 15 is 0 Å². The lowest BCUT2D eigenvalue weighted by atomic mass is 9.82. The standard InChI is InChI=1S/C56H39N3S/c1-56(2)49-20-10-8-18-44(49)47-32-48-46-31-41(29-26-38(46)25-24-37-13-6-7-17-43(37)45-19-9-11-21-53(45)60-54(48)33-50(47)56)52-34-51(58-55(59-52)40-14-4-3-5-15-40)39-27-22-36(23-28-39)42-16-12-30-57-35-42/h3-35H,1-2H3/b25-24-. The lowest BCUT2D eigenvalue weighted by molar-refractivity contribution is 0.659. The number of hydrogen-bond acceptors (Lipinski definition) is 4. The van der Waals surface area contributed by atoms with Crippen LogP contribution in [0.1, 0.15) is 36.1 Å². The third-order valence-corrected chi connectivity index (χ3v) is 13.2. The summed E-state index contributed by atoms with van der Waals surface area (Å²) in [6, 6.07) is 63.3. The average molecular weight is 786 g/mol. The molecule has 0 amide bonds. The topological polar surface area (TPSA) is 38.7 Å². The summed E-state index contributed by atoms with van der Waals surface area (Å²) in [5.41, 5.74) is 19.3. The number of hydrogen-bond donors (Lipinski definition) is 0. The van der Waals surface area contributed by atoms with Crippen LogP contribution in [0.2, 0.25) is 0 Å². The van der Waals surface area contributed by atoms with E-state index in [2.05, 4.69) is 183 Å². The van der Waals surface area contributed by atoms with E-state index in [0.29, 0.717) is 5.82 Å². The lowest BCUT2D eigenvalue weighted by Gasteiger charge is -2.23. The van der Waals surface area contributed by atoms with Crippen molar-refractivity contribution in [3.63, 3.8) is 0 Å². The van der Waals surface area contributed by atoms with E-state index in [1.165, 1.54) is 54.3 Å². The van der Waals surface area contributed by atoms with Gasteiger partial charge in [-0.3, -0.25) is 4.98 Å². The van der Waals surface area contributed by atoms with Gasteiger partial charge in [-0.25, -0.2) is 9.97 Å². The zero-order chi connectivity index (χ0) is 40.2. The van der Waals surface area contributed by atoms with Crippen molar-refractivity contribution in [2.75, 3.05) is 0 Å². The number of rotatable bonds is 4. The van der Waals surface area contributed by atoms with Gasteiger partial charge in [-0.15, -0.1) is 0 Å². The molecule has 3 nitrogen and oxygen atoms in total. The molecular weight excluding hydrogens is 747 g/mol. The van der Waals surface area contributed by atoms with Gasteiger partial charge in [0.25, 0.3) is 0 Å². The molecule has 0 fully saturated rings. The van der Waals surface area contributed by atoms with Crippen LogP contribution >= 0.6 is 11.8 Å². The van der Waals surface area contributed by atoms with Gasteiger partial charge in [0, 0.05) is 44.3 Å². The molecule has 11 rings (SSSR count). The Morgan fingerprint density at radius 2 is 1.05 bits per heavy atom. The van der Waals surface area contributed by atoms with Gasteiger partial charge in [0.2, 0.25) is 0 Å². The van der Waals surface area contributed by atoms with Gasteiger partial charge in [-0.1, -0.05) is 177 Å². The number of pyridine rings is 1. The van der Waals surface area contributed by atoms with Crippen LogP contribution in [0.4, 0.5) is 0 Å². The first kappa shape index (κ1) is 36.0. The quantitative estimate of drug-likeness (QED) is 0.178. The van der Waals surface area contributed by atoms with Crippen LogP contribution in [0.5, 0.6) is 0 Å². The summed E-state index contributed by atoms with van der Waals surface area (Å²) in [5.74, 6) is 0.691. The van der Waals surface area contributed by atoms with Gasteiger partial charge >= 0.3 is 0 Å². The maximum absolute atomic E-state index is 5.28. The van der Waals surface area contributed by atoms with E-state index in [0.717, 1.165) is 50.3 Å². The van der Waals surface area contributed by atoms with Crippen molar-refractivity contribution >= 4 is 23.9 Å². The Morgan fingerprint density at radius 1 is 0.400 bits per heavy atom. The highest BCUT2D eigenvalue weighted by Crippen LogP contribution is 2.53. The van der Waals surface area contributed by atoms with Gasteiger partial charge in [-0.2, -0.15) is 0 Å². The second-order valence-corrected chi connectivity index (χ2v) is 17.1. The fourth-order valence-electron chi connectivity index (χ4n) is 8.91. The minimum Gasteiger partial charge on any atom is -0.264 e. The zero-order valence-electron chi connectivity index (χ0n) is 33.3. The highest BCUT2D eigenvalue weighted by Gasteiger charge is 2.36. The molecule has 0 saturated carbocycles. The van der Waals surface area contributed by atoms with Gasteiger partial charge in [0.15, 0.2) is 5.82 Å². The summed E-state index contributed by atoms with van der Waals surface area (Å²) < 4.78 is 0. The Hall–Kier alpha value is -7.14. The Kier molecular flexibility index (Phi) is 8.75. The lowest BCUT2D eigenvalue weighted by Crippen LogP contribution is -2.15. The molecule has 4 heteroatoms. The summed E-state index contributed by atoms with van der Waals surface area (Å²) in [4.78, 5) is 17.2. The van der Waals surface area contributed by atoms with Gasteiger partial charge in [-0.05, 0) is 103 Å². The van der Waals surface area contributed by atoms with E-state index in [9.17, 15) is 0 Å². The van der Waals surface area contributed by atoms with Crippen molar-refractivity contribution in [2.24, 2.45) is 0 Å². The van der Waals surface area contributed by atoms with E-state index < -0.39 is 0 Å². The molecular formula is C56H39N3S.